The largest absolute Gasteiger partial charge is 0.324 e. The maximum Gasteiger partial charge on any atom is 0.123 e. The molecule has 19 heavy (non-hydrogen) atoms. The molecule has 0 bridgehead atoms. The molecule has 0 spiro atoms. The minimum Gasteiger partial charge on any atom is -0.324 e. The number of benzene rings is 1. The summed E-state index contributed by atoms with van der Waals surface area (Å²) in [6.07, 6.45) is 4.25. The molecule has 2 aromatic heterocycles. The van der Waals surface area contributed by atoms with E-state index in [0.717, 1.165) is 16.6 Å². The SMILES string of the molecule is NC(Cc1cccc(F)c1)c1cnn2ccccc12. The van der Waals surface area contributed by atoms with Crippen molar-refractivity contribution in [3.63, 3.8) is 0 Å². The monoisotopic (exact) mass is 255 g/mol. The lowest BCUT2D eigenvalue weighted by atomic mass is 10.0. The van der Waals surface area contributed by atoms with Crippen LogP contribution in [-0.4, -0.2) is 9.61 Å². The second kappa shape index (κ2) is 4.82. The zero-order valence-corrected chi connectivity index (χ0v) is 10.3. The average molecular weight is 255 g/mol. The van der Waals surface area contributed by atoms with Crippen LogP contribution < -0.4 is 5.73 Å². The van der Waals surface area contributed by atoms with Gasteiger partial charge >= 0.3 is 0 Å². The number of rotatable bonds is 3. The van der Waals surface area contributed by atoms with Crippen LogP contribution in [0.4, 0.5) is 4.39 Å². The maximum absolute atomic E-state index is 13.2. The predicted octanol–water partition coefficient (Wildman–Crippen LogP) is 2.72. The first-order valence-corrected chi connectivity index (χ1v) is 6.16. The van der Waals surface area contributed by atoms with Gasteiger partial charge in [0, 0.05) is 17.8 Å². The van der Waals surface area contributed by atoms with Crippen molar-refractivity contribution in [1.29, 1.82) is 0 Å². The van der Waals surface area contributed by atoms with Gasteiger partial charge in [0.2, 0.25) is 0 Å². The van der Waals surface area contributed by atoms with E-state index in [1.807, 2.05) is 30.5 Å². The second-order valence-corrected chi connectivity index (χ2v) is 4.57. The van der Waals surface area contributed by atoms with E-state index < -0.39 is 0 Å². The molecule has 3 nitrogen and oxygen atoms in total. The Kier molecular flexibility index (Phi) is 3.01. The summed E-state index contributed by atoms with van der Waals surface area (Å²) in [4.78, 5) is 0. The molecule has 3 aromatic rings. The molecule has 1 aromatic carbocycles. The molecule has 0 aliphatic carbocycles. The van der Waals surface area contributed by atoms with Crippen LogP contribution in [-0.2, 0) is 6.42 Å². The van der Waals surface area contributed by atoms with Crippen LogP contribution >= 0.6 is 0 Å². The van der Waals surface area contributed by atoms with Crippen molar-refractivity contribution < 1.29 is 4.39 Å². The third kappa shape index (κ3) is 2.35. The Hall–Kier alpha value is -2.20. The van der Waals surface area contributed by atoms with E-state index in [1.54, 1.807) is 16.8 Å². The van der Waals surface area contributed by atoms with E-state index in [-0.39, 0.29) is 11.9 Å². The van der Waals surface area contributed by atoms with Gasteiger partial charge in [-0.05, 0) is 36.2 Å². The Labute approximate surface area is 110 Å². The zero-order chi connectivity index (χ0) is 13.2. The Morgan fingerprint density at radius 3 is 2.95 bits per heavy atom. The molecule has 2 N–H and O–H groups in total. The van der Waals surface area contributed by atoms with Crippen LogP contribution in [0, 0.1) is 5.82 Å². The zero-order valence-electron chi connectivity index (χ0n) is 10.3. The molecule has 96 valence electrons. The number of hydrogen-bond donors (Lipinski definition) is 1. The number of halogens is 1. The van der Waals surface area contributed by atoms with E-state index >= 15 is 0 Å². The fraction of sp³-hybridized carbons (Fsp3) is 0.133. The highest BCUT2D eigenvalue weighted by atomic mass is 19.1. The summed E-state index contributed by atoms with van der Waals surface area (Å²) in [5, 5.41) is 4.26. The molecule has 1 unspecified atom stereocenters. The van der Waals surface area contributed by atoms with Crippen molar-refractivity contribution in [2.45, 2.75) is 12.5 Å². The summed E-state index contributed by atoms with van der Waals surface area (Å²) in [6.45, 7) is 0. The first-order chi connectivity index (χ1) is 9.24. The van der Waals surface area contributed by atoms with Gasteiger partial charge < -0.3 is 5.73 Å². The number of nitrogens with zero attached hydrogens (tertiary/aromatic N) is 2. The predicted molar refractivity (Wildman–Crippen MR) is 72.2 cm³/mol. The van der Waals surface area contributed by atoms with Crippen LogP contribution in [0.25, 0.3) is 5.52 Å². The van der Waals surface area contributed by atoms with E-state index in [1.165, 1.54) is 12.1 Å². The quantitative estimate of drug-likeness (QED) is 0.782. The van der Waals surface area contributed by atoms with Gasteiger partial charge in [0.25, 0.3) is 0 Å². The van der Waals surface area contributed by atoms with Gasteiger partial charge in [-0.1, -0.05) is 18.2 Å². The molecule has 2 heterocycles. The third-order valence-corrected chi connectivity index (χ3v) is 3.20. The van der Waals surface area contributed by atoms with Gasteiger partial charge in [0.15, 0.2) is 0 Å². The summed E-state index contributed by atoms with van der Waals surface area (Å²) in [5.74, 6) is -0.232. The Morgan fingerprint density at radius 2 is 2.11 bits per heavy atom. The highest BCUT2D eigenvalue weighted by molar-refractivity contribution is 5.55. The first-order valence-electron chi connectivity index (χ1n) is 6.16. The summed E-state index contributed by atoms with van der Waals surface area (Å²) in [6, 6.07) is 12.2. The van der Waals surface area contributed by atoms with Gasteiger partial charge in [-0.2, -0.15) is 5.10 Å². The van der Waals surface area contributed by atoms with Crippen molar-refractivity contribution in [2.75, 3.05) is 0 Å². The van der Waals surface area contributed by atoms with Crippen molar-refractivity contribution >= 4 is 5.52 Å². The van der Waals surface area contributed by atoms with Crippen LogP contribution in [0.2, 0.25) is 0 Å². The fourth-order valence-corrected chi connectivity index (χ4v) is 2.27. The molecule has 0 radical (unpaired) electrons. The molecule has 1 atom stereocenters. The Bertz CT molecular complexity index is 705. The van der Waals surface area contributed by atoms with Crippen molar-refractivity contribution in [2.24, 2.45) is 5.73 Å². The molecule has 0 fully saturated rings. The van der Waals surface area contributed by atoms with Crippen LogP contribution in [0.5, 0.6) is 0 Å². The standard InChI is InChI=1S/C15H14FN3/c16-12-5-3-4-11(8-12)9-14(17)13-10-18-19-7-2-1-6-15(13)19/h1-8,10,14H,9,17H2. The van der Waals surface area contributed by atoms with Gasteiger partial charge in [0.05, 0.1) is 11.7 Å². The Balaban J connectivity index is 1.90. The van der Waals surface area contributed by atoms with Gasteiger partial charge in [-0.25, -0.2) is 8.91 Å². The number of fused-ring (bicyclic) bond motifs is 1. The summed E-state index contributed by atoms with van der Waals surface area (Å²) in [7, 11) is 0. The van der Waals surface area contributed by atoms with Crippen LogP contribution in [0.1, 0.15) is 17.2 Å². The smallest absolute Gasteiger partial charge is 0.123 e. The lowest BCUT2D eigenvalue weighted by Gasteiger charge is -2.10. The Morgan fingerprint density at radius 1 is 1.21 bits per heavy atom. The molecule has 0 saturated carbocycles. The molecular weight excluding hydrogens is 241 g/mol. The van der Waals surface area contributed by atoms with Crippen molar-refractivity contribution in [3.05, 3.63) is 71.8 Å². The second-order valence-electron chi connectivity index (χ2n) is 4.57. The van der Waals surface area contributed by atoms with Crippen LogP contribution in [0.3, 0.4) is 0 Å². The van der Waals surface area contributed by atoms with E-state index in [0.29, 0.717) is 6.42 Å². The van der Waals surface area contributed by atoms with Crippen LogP contribution in [0.15, 0.2) is 54.9 Å². The fourth-order valence-electron chi connectivity index (χ4n) is 2.27. The minimum absolute atomic E-state index is 0.193. The average Bonchev–Trinajstić information content (AvgIpc) is 2.82. The first kappa shape index (κ1) is 11.9. The third-order valence-electron chi connectivity index (χ3n) is 3.20. The highest BCUT2D eigenvalue weighted by Crippen LogP contribution is 2.20. The molecule has 0 saturated heterocycles. The number of pyridine rings is 1. The number of nitrogens with two attached hydrogens (primary N) is 1. The van der Waals surface area contributed by atoms with Crippen molar-refractivity contribution in [3.8, 4) is 0 Å². The minimum atomic E-state index is -0.232. The number of aromatic nitrogens is 2. The molecule has 3 rings (SSSR count). The van der Waals surface area contributed by atoms with Gasteiger partial charge in [-0.15, -0.1) is 0 Å². The topological polar surface area (TPSA) is 43.3 Å². The maximum atomic E-state index is 13.2. The van der Waals surface area contributed by atoms with E-state index in [9.17, 15) is 4.39 Å². The van der Waals surface area contributed by atoms with E-state index in [2.05, 4.69) is 5.10 Å². The molecule has 4 heteroatoms. The summed E-state index contributed by atoms with van der Waals surface area (Å²) < 4.78 is 14.9. The van der Waals surface area contributed by atoms with Crippen molar-refractivity contribution in [1.82, 2.24) is 9.61 Å². The van der Waals surface area contributed by atoms with E-state index in [4.69, 9.17) is 5.73 Å². The summed E-state index contributed by atoms with van der Waals surface area (Å²) >= 11 is 0. The van der Waals surface area contributed by atoms with Gasteiger partial charge in [0.1, 0.15) is 5.82 Å². The molecular formula is C15H14FN3. The molecule has 0 amide bonds. The normalized spacial score (nSPS) is 12.7. The molecule has 0 aliphatic rings. The molecule has 0 aliphatic heterocycles. The van der Waals surface area contributed by atoms with Gasteiger partial charge in [-0.3, -0.25) is 0 Å². The number of hydrogen-bond acceptors (Lipinski definition) is 2. The highest BCUT2D eigenvalue weighted by Gasteiger charge is 2.12. The lowest BCUT2D eigenvalue weighted by molar-refractivity contribution is 0.622. The lowest BCUT2D eigenvalue weighted by Crippen LogP contribution is -2.13. The summed E-state index contributed by atoms with van der Waals surface area (Å²) in [5.41, 5.74) is 9.07.